The molecule has 1 atom stereocenters. The highest BCUT2D eigenvalue weighted by atomic mass is 35.5. The summed E-state index contributed by atoms with van der Waals surface area (Å²) in [4.78, 5) is 22.9. The molecule has 1 rings (SSSR count). The minimum Gasteiger partial charge on any atom is -0.396 e. The van der Waals surface area contributed by atoms with E-state index < -0.39 is 23.8 Å². The minimum atomic E-state index is -2.30. The maximum atomic E-state index is 11.9. The van der Waals surface area contributed by atoms with Crippen molar-refractivity contribution >= 4 is 41.1 Å². The van der Waals surface area contributed by atoms with Gasteiger partial charge in [0.1, 0.15) is 0 Å². The molecule has 0 saturated carbocycles. The Labute approximate surface area is 155 Å². The lowest BCUT2D eigenvalue weighted by atomic mass is 10.1. The zero-order chi connectivity index (χ0) is 19.4. The molecule has 1 unspecified atom stereocenters. The maximum absolute atomic E-state index is 11.9. The van der Waals surface area contributed by atoms with Crippen molar-refractivity contribution in [2.75, 3.05) is 5.73 Å². The number of benzene rings is 1. The zero-order valence-electron chi connectivity index (χ0n) is 14.0. The predicted molar refractivity (Wildman–Crippen MR) is 94.7 cm³/mol. The molecule has 11 heteroatoms. The van der Waals surface area contributed by atoms with Gasteiger partial charge in [0.05, 0.1) is 15.7 Å². The molecule has 0 spiro atoms. The van der Waals surface area contributed by atoms with Crippen LogP contribution in [0.3, 0.4) is 0 Å². The Morgan fingerprint density at radius 2 is 1.68 bits per heavy atom. The summed E-state index contributed by atoms with van der Waals surface area (Å²) in [5.41, 5.74) is 16.6. The van der Waals surface area contributed by atoms with Crippen LogP contribution in [0.15, 0.2) is 12.1 Å². The number of alkyl carbamates (subject to hydrolysis) is 1. The average Bonchev–Trinajstić information content (AvgIpc) is 2.39. The van der Waals surface area contributed by atoms with Gasteiger partial charge in [0.25, 0.3) is 0 Å². The Kier molecular flexibility index (Phi) is 6.72. The van der Waals surface area contributed by atoms with Crippen molar-refractivity contribution in [3.8, 4) is 0 Å². The molecule has 0 aromatic heterocycles. The summed E-state index contributed by atoms with van der Waals surface area (Å²) in [6, 6.07) is 0.743. The highest BCUT2D eigenvalue weighted by molar-refractivity contribution is 6.38. The molecule has 1 aromatic rings. The number of carbonyl (C=O) groups excluding carboxylic acids is 2. The highest BCUT2D eigenvalue weighted by Gasteiger charge is 2.34. The number of halogens is 2. The van der Waals surface area contributed by atoms with Crippen LogP contribution in [0.2, 0.25) is 10.0 Å². The van der Waals surface area contributed by atoms with Crippen LogP contribution < -0.4 is 27.8 Å². The number of nitrogens with one attached hydrogen (secondary N) is 2. The van der Waals surface area contributed by atoms with Crippen molar-refractivity contribution in [3.05, 3.63) is 27.7 Å². The lowest BCUT2D eigenvalue weighted by Crippen LogP contribution is -2.61. The molecule has 0 heterocycles. The first-order valence-electron chi connectivity index (χ1n) is 7.08. The molecule has 9 nitrogen and oxygen atoms in total. The Hall–Kier alpha value is -1.94. The van der Waals surface area contributed by atoms with E-state index in [0.29, 0.717) is 5.56 Å². The van der Waals surface area contributed by atoms with E-state index in [-0.39, 0.29) is 22.3 Å². The zero-order valence-corrected chi connectivity index (χ0v) is 15.5. The Morgan fingerprint density at radius 1 is 1.16 bits per heavy atom. The summed E-state index contributed by atoms with van der Waals surface area (Å²) in [7, 11) is 0. The van der Waals surface area contributed by atoms with Gasteiger partial charge in [-0.25, -0.2) is 20.6 Å². The van der Waals surface area contributed by atoms with Crippen LogP contribution in [0, 0.1) is 0 Å². The van der Waals surface area contributed by atoms with E-state index in [2.05, 4.69) is 15.4 Å². The maximum Gasteiger partial charge on any atom is 0.412 e. The second-order valence-corrected chi connectivity index (χ2v) is 6.99. The van der Waals surface area contributed by atoms with E-state index in [1.807, 2.05) is 0 Å². The third kappa shape index (κ3) is 7.22. The van der Waals surface area contributed by atoms with Gasteiger partial charge >= 0.3 is 18.2 Å². The molecule has 0 radical (unpaired) electrons. The highest BCUT2D eigenvalue weighted by Crippen LogP contribution is 2.28. The molecule has 0 fully saturated rings. The van der Waals surface area contributed by atoms with Crippen LogP contribution in [0.5, 0.6) is 0 Å². The molecule has 0 aliphatic heterocycles. The minimum absolute atomic E-state index is 0.0215. The van der Waals surface area contributed by atoms with E-state index in [4.69, 9.17) is 45.1 Å². The largest absolute Gasteiger partial charge is 0.412 e. The van der Waals surface area contributed by atoms with Gasteiger partial charge < -0.3 is 26.3 Å². The van der Waals surface area contributed by atoms with Gasteiger partial charge in [-0.3, -0.25) is 0 Å². The van der Waals surface area contributed by atoms with Crippen LogP contribution in [-0.2, 0) is 16.0 Å². The van der Waals surface area contributed by atoms with E-state index in [0.717, 1.165) is 0 Å². The first-order chi connectivity index (χ1) is 11.3. The van der Waals surface area contributed by atoms with Crippen molar-refractivity contribution in [1.29, 1.82) is 0 Å². The van der Waals surface area contributed by atoms with Gasteiger partial charge in [0.15, 0.2) is 0 Å². The average molecular weight is 394 g/mol. The molecule has 0 aliphatic rings. The number of amides is 2. The number of primary amides is 1. The first-order valence-corrected chi connectivity index (χ1v) is 7.84. The summed E-state index contributed by atoms with van der Waals surface area (Å²) in [5, 5.41) is 5.51. The van der Waals surface area contributed by atoms with Crippen molar-refractivity contribution in [2.24, 2.45) is 11.5 Å². The normalized spacial score (nSPS) is 13.7. The predicted octanol–water partition coefficient (Wildman–Crippen LogP) is 1.86. The summed E-state index contributed by atoms with van der Waals surface area (Å²) < 4.78 is 9.59. The van der Waals surface area contributed by atoms with Crippen LogP contribution in [0.1, 0.15) is 26.3 Å². The molecule has 0 bridgehead atoms. The fourth-order valence-corrected chi connectivity index (χ4v) is 2.21. The van der Waals surface area contributed by atoms with Gasteiger partial charge in [-0.05, 0) is 38.5 Å². The van der Waals surface area contributed by atoms with Crippen molar-refractivity contribution in [3.63, 3.8) is 0 Å². The van der Waals surface area contributed by atoms with E-state index in [1.165, 1.54) is 12.1 Å². The standard InChI is InChI=1S/C14H21Cl2N5O4/c1-13(2,3)21-12(23)25-14(19,24-11(18)22)20-6-7-4-8(15)10(17)9(16)5-7/h4-5,20H,6,17,19H2,1-3H3,(H2,18,22)(H,21,23). The third-order valence-electron chi connectivity index (χ3n) is 2.65. The Bertz CT molecular complexity index is 642. The number of hydrogen-bond donors (Lipinski definition) is 5. The van der Waals surface area contributed by atoms with Crippen molar-refractivity contribution in [1.82, 2.24) is 10.6 Å². The number of nitrogen functional groups attached to an aromatic ring is 1. The summed E-state index contributed by atoms with van der Waals surface area (Å²) in [6.07, 6.45) is -2.16. The van der Waals surface area contributed by atoms with Gasteiger partial charge in [-0.15, -0.1) is 0 Å². The number of rotatable bonds is 5. The first kappa shape index (κ1) is 21.1. The molecule has 140 valence electrons. The van der Waals surface area contributed by atoms with Crippen LogP contribution in [0.4, 0.5) is 15.3 Å². The molecular weight excluding hydrogens is 373 g/mol. The fraction of sp³-hybridized carbons (Fsp3) is 0.429. The Balaban J connectivity index is 2.88. The number of ether oxygens (including phenoxy) is 2. The smallest absolute Gasteiger partial charge is 0.396 e. The second-order valence-electron chi connectivity index (χ2n) is 6.18. The number of anilines is 1. The van der Waals surface area contributed by atoms with E-state index in [9.17, 15) is 9.59 Å². The van der Waals surface area contributed by atoms with Crippen molar-refractivity contribution < 1.29 is 19.1 Å². The molecular formula is C14H21Cl2N5O4. The third-order valence-corrected chi connectivity index (χ3v) is 3.28. The summed E-state index contributed by atoms with van der Waals surface area (Å²) in [5.74, 6) is 0. The topological polar surface area (TPSA) is 155 Å². The SMILES string of the molecule is CC(C)(C)NC(=O)OC(N)(NCc1cc(Cl)c(N)c(Cl)c1)OC(N)=O. The van der Waals surface area contributed by atoms with Crippen LogP contribution >= 0.6 is 23.2 Å². The molecule has 1 aromatic carbocycles. The number of hydrogen-bond acceptors (Lipinski definition) is 7. The van der Waals surface area contributed by atoms with E-state index >= 15 is 0 Å². The number of carbonyl (C=O) groups is 2. The quantitative estimate of drug-likeness (QED) is 0.377. The summed E-state index contributed by atoms with van der Waals surface area (Å²) in [6.45, 7) is 5.17. The van der Waals surface area contributed by atoms with Crippen LogP contribution in [0.25, 0.3) is 0 Å². The molecule has 0 aliphatic carbocycles. The van der Waals surface area contributed by atoms with Crippen LogP contribution in [-0.4, -0.2) is 23.8 Å². The summed E-state index contributed by atoms with van der Waals surface area (Å²) >= 11 is 11.9. The molecule has 0 saturated heterocycles. The van der Waals surface area contributed by atoms with Gasteiger partial charge in [-0.2, -0.15) is 0 Å². The molecule has 2 amide bonds. The monoisotopic (exact) mass is 393 g/mol. The molecule has 25 heavy (non-hydrogen) atoms. The Morgan fingerprint density at radius 3 is 2.12 bits per heavy atom. The van der Waals surface area contributed by atoms with Gasteiger partial charge in [0, 0.05) is 12.1 Å². The van der Waals surface area contributed by atoms with Gasteiger partial charge in [0.2, 0.25) is 0 Å². The lowest BCUT2D eigenvalue weighted by molar-refractivity contribution is -0.180. The van der Waals surface area contributed by atoms with E-state index in [1.54, 1.807) is 20.8 Å². The van der Waals surface area contributed by atoms with Gasteiger partial charge in [-0.1, -0.05) is 23.2 Å². The number of nitrogens with two attached hydrogens (primary N) is 3. The molecule has 8 N–H and O–H groups in total. The lowest BCUT2D eigenvalue weighted by Gasteiger charge is -2.30. The fourth-order valence-electron chi connectivity index (χ4n) is 1.68. The second kappa shape index (κ2) is 7.96. The van der Waals surface area contributed by atoms with Crippen molar-refractivity contribution in [2.45, 2.75) is 38.9 Å².